The van der Waals surface area contributed by atoms with Crippen LogP contribution in [0, 0.1) is 5.82 Å². The first-order valence-electron chi connectivity index (χ1n) is 9.63. The molecule has 2 amide bonds. The van der Waals surface area contributed by atoms with Crippen molar-refractivity contribution in [2.24, 2.45) is 0 Å². The van der Waals surface area contributed by atoms with Crippen molar-refractivity contribution < 1.29 is 41.4 Å². The van der Waals surface area contributed by atoms with Crippen LogP contribution in [0.5, 0.6) is 5.75 Å². The second-order valence-corrected chi connectivity index (χ2v) is 7.69. The van der Waals surface area contributed by atoms with E-state index < -0.39 is 30.3 Å². The van der Waals surface area contributed by atoms with E-state index in [4.69, 9.17) is 21.1 Å². The molecule has 0 saturated carbocycles. The number of amides is 2. The Balaban J connectivity index is 1.37. The Morgan fingerprint density at radius 1 is 1.26 bits per heavy atom. The average Bonchev–Trinajstić information content (AvgIpc) is 3.15. The highest BCUT2D eigenvalue weighted by Crippen LogP contribution is 2.25. The first kappa shape index (κ1) is 23.6. The van der Waals surface area contributed by atoms with Crippen molar-refractivity contribution in [3.05, 3.63) is 29.0 Å². The van der Waals surface area contributed by atoms with Crippen molar-refractivity contribution >= 4 is 23.4 Å². The van der Waals surface area contributed by atoms with Gasteiger partial charge in [-0.15, -0.1) is 13.2 Å². The molecule has 3 atom stereocenters. The Kier molecular flexibility index (Phi) is 7.60. The van der Waals surface area contributed by atoms with Crippen LogP contribution in [0.2, 0.25) is 5.02 Å². The van der Waals surface area contributed by atoms with Crippen LogP contribution in [0.25, 0.3) is 0 Å². The summed E-state index contributed by atoms with van der Waals surface area (Å²) in [6, 6.07) is 3.47. The molecule has 0 radical (unpaired) electrons. The monoisotopic (exact) mass is 468 g/mol. The molecule has 0 unspecified atom stereocenters. The van der Waals surface area contributed by atoms with Crippen molar-refractivity contribution in [2.75, 3.05) is 26.3 Å². The molecule has 2 fully saturated rings. The van der Waals surface area contributed by atoms with E-state index in [0.29, 0.717) is 12.8 Å². The van der Waals surface area contributed by atoms with Gasteiger partial charge in [0, 0.05) is 19.2 Å². The van der Waals surface area contributed by atoms with E-state index >= 15 is 0 Å². The number of hydrogen-bond acceptors (Lipinski definition) is 5. The normalized spacial score (nSPS) is 24.2. The molecule has 1 N–H and O–H groups in total. The predicted molar refractivity (Wildman–Crippen MR) is 99.9 cm³/mol. The highest BCUT2D eigenvalue weighted by Gasteiger charge is 2.39. The van der Waals surface area contributed by atoms with Gasteiger partial charge in [0.1, 0.15) is 17.7 Å². The molecule has 0 bridgehead atoms. The molecule has 12 heteroatoms. The lowest BCUT2D eigenvalue weighted by Gasteiger charge is -2.31. The van der Waals surface area contributed by atoms with Crippen molar-refractivity contribution in [2.45, 2.75) is 43.9 Å². The standard InChI is InChI=1S/C19H21ClF4N2O5/c20-14-3-2-12(7-15(14)21)29-10-17(27)25-11-1-4-16(30-9-11)18(28)26-6-5-13(8-26)31-19(22,23)24/h2-3,7,11,13,16H,1,4-6,8-10H2,(H,25,27)/t11-,13+,16+/m1/s1. The molecule has 2 aliphatic heterocycles. The van der Waals surface area contributed by atoms with E-state index in [1.807, 2.05) is 0 Å². The summed E-state index contributed by atoms with van der Waals surface area (Å²) in [5.74, 6) is -1.34. The Morgan fingerprint density at radius 2 is 2.03 bits per heavy atom. The summed E-state index contributed by atoms with van der Waals surface area (Å²) in [4.78, 5) is 25.8. The van der Waals surface area contributed by atoms with Crippen LogP contribution in [0.4, 0.5) is 17.6 Å². The molecule has 0 aliphatic carbocycles. The predicted octanol–water partition coefficient (Wildman–Crippen LogP) is 2.66. The smallest absolute Gasteiger partial charge is 0.484 e. The summed E-state index contributed by atoms with van der Waals surface area (Å²) >= 11 is 5.58. The van der Waals surface area contributed by atoms with Gasteiger partial charge < -0.3 is 19.7 Å². The zero-order valence-corrected chi connectivity index (χ0v) is 17.0. The largest absolute Gasteiger partial charge is 0.522 e. The summed E-state index contributed by atoms with van der Waals surface area (Å²) in [6.07, 6.45) is -5.71. The van der Waals surface area contributed by atoms with E-state index in [2.05, 4.69) is 10.1 Å². The minimum absolute atomic E-state index is 0.0578. The first-order chi connectivity index (χ1) is 14.6. The van der Waals surface area contributed by atoms with Crippen LogP contribution in [0.3, 0.4) is 0 Å². The third kappa shape index (κ3) is 6.94. The summed E-state index contributed by atoms with van der Waals surface area (Å²) in [7, 11) is 0. The molecule has 2 saturated heterocycles. The van der Waals surface area contributed by atoms with Crippen LogP contribution >= 0.6 is 11.6 Å². The van der Waals surface area contributed by atoms with Gasteiger partial charge in [0.15, 0.2) is 6.61 Å². The van der Waals surface area contributed by atoms with Gasteiger partial charge >= 0.3 is 6.36 Å². The van der Waals surface area contributed by atoms with Gasteiger partial charge in [-0.2, -0.15) is 0 Å². The SMILES string of the molecule is O=C(COc1ccc(Cl)c(F)c1)N[C@@H]1CC[C@@H](C(=O)N2CC[C@H](OC(F)(F)F)C2)OC1. The Morgan fingerprint density at radius 3 is 2.68 bits per heavy atom. The Hall–Kier alpha value is -2.11. The Bertz CT molecular complexity index is 802. The third-order valence-electron chi connectivity index (χ3n) is 4.93. The fourth-order valence-electron chi connectivity index (χ4n) is 3.46. The minimum atomic E-state index is -4.73. The van der Waals surface area contributed by atoms with Gasteiger partial charge in [-0.3, -0.25) is 14.3 Å². The number of halogens is 5. The van der Waals surface area contributed by atoms with Crippen molar-refractivity contribution in [3.63, 3.8) is 0 Å². The van der Waals surface area contributed by atoms with E-state index in [0.717, 1.165) is 6.07 Å². The van der Waals surface area contributed by atoms with E-state index in [-0.39, 0.29) is 55.4 Å². The van der Waals surface area contributed by atoms with Crippen LogP contribution < -0.4 is 10.1 Å². The summed E-state index contributed by atoms with van der Waals surface area (Å²) in [5, 5.41) is 2.64. The molecule has 0 aromatic heterocycles. The van der Waals surface area contributed by atoms with Gasteiger partial charge in [0.2, 0.25) is 0 Å². The molecule has 2 heterocycles. The number of likely N-dealkylation sites (tertiary alicyclic amines) is 1. The number of carbonyl (C=O) groups is 2. The fourth-order valence-corrected chi connectivity index (χ4v) is 3.58. The van der Waals surface area contributed by atoms with Crippen molar-refractivity contribution in [1.29, 1.82) is 0 Å². The topological polar surface area (TPSA) is 77.1 Å². The molecule has 172 valence electrons. The minimum Gasteiger partial charge on any atom is -0.484 e. The molecular formula is C19H21ClF4N2O5. The summed E-state index contributed by atoms with van der Waals surface area (Å²) in [6.45, 7) is -0.231. The van der Waals surface area contributed by atoms with Gasteiger partial charge in [-0.1, -0.05) is 11.6 Å². The van der Waals surface area contributed by atoms with Crippen molar-refractivity contribution in [3.8, 4) is 5.75 Å². The summed E-state index contributed by atoms with van der Waals surface area (Å²) in [5.41, 5.74) is 0. The Labute approximate surface area is 180 Å². The lowest BCUT2D eigenvalue weighted by molar-refractivity contribution is -0.340. The van der Waals surface area contributed by atoms with Gasteiger partial charge in [0.25, 0.3) is 11.8 Å². The van der Waals surface area contributed by atoms with E-state index in [9.17, 15) is 27.2 Å². The highest BCUT2D eigenvalue weighted by atomic mass is 35.5. The maximum Gasteiger partial charge on any atom is 0.522 e. The third-order valence-corrected chi connectivity index (χ3v) is 5.24. The summed E-state index contributed by atoms with van der Waals surface area (Å²) < 4.78 is 65.0. The van der Waals surface area contributed by atoms with E-state index in [1.54, 1.807) is 0 Å². The first-order valence-corrected chi connectivity index (χ1v) is 10.0. The number of hydrogen-bond donors (Lipinski definition) is 1. The quantitative estimate of drug-likeness (QED) is 0.650. The molecule has 1 aromatic carbocycles. The number of nitrogens with zero attached hydrogens (tertiary/aromatic N) is 1. The second kappa shape index (κ2) is 10.0. The highest BCUT2D eigenvalue weighted by molar-refractivity contribution is 6.30. The molecule has 1 aromatic rings. The zero-order valence-electron chi connectivity index (χ0n) is 16.3. The maximum absolute atomic E-state index is 13.4. The molecule has 7 nitrogen and oxygen atoms in total. The molecule has 31 heavy (non-hydrogen) atoms. The number of alkyl halides is 3. The van der Waals surface area contributed by atoms with Gasteiger partial charge in [-0.05, 0) is 31.4 Å². The molecule has 0 spiro atoms. The average molecular weight is 469 g/mol. The van der Waals surface area contributed by atoms with Gasteiger partial charge in [0.05, 0.1) is 23.8 Å². The van der Waals surface area contributed by atoms with Crippen LogP contribution in [0.15, 0.2) is 18.2 Å². The van der Waals surface area contributed by atoms with Crippen molar-refractivity contribution in [1.82, 2.24) is 10.2 Å². The molecular weight excluding hydrogens is 448 g/mol. The van der Waals surface area contributed by atoms with Gasteiger partial charge in [-0.25, -0.2) is 4.39 Å². The lowest BCUT2D eigenvalue weighted by atomic mass is 10.0. The number of ether oxygens (including phenoxy) is 3. The molecule has 2 aliphatic rings. The molecule has 3 rings (SSSR count). The fraction of sp³-hybridized carbons (Fsp3) is 0.579. The number of carbonyl (C=O) groups excluding carboxylic acids is 2. The lowest BCUT2D eigenvalue weighted by Crippen LogP contribution is -2.48. The second-order valence-electron chi connectivity index (χ2n) is 7.29. The number of rotatable bonds is 6. The van der Waals surface area contributed by atoms with E-state index in [1.165, 1.54) is 17.0 Å². The number of nitrogens with one attached hydrogen (secondary N) is 1. The van der Waals surface area contributed by atoms with Crippen LogP contribution in [-0.4, -0.2) is 67.6 Å². The maximum atomic E-state index is 13.4. The van der Waals surface area contributed by atoms with Crippen LogP contribution in [-0.2, 0) is 19.1 Å². The van der Waals surface area contributed by atoms with Crippen LogP contribution in [0.1, 0.15) is 19.3 Å². The zero-order chi connectivity index (χ0) is 22.6. The number of benzene rings is 1.